The SMILES string of the molecule is CC(C)C[C@@H](CNS(=O)(=O)c1ccc2c(c1)OCCCO2)N1CCOCC1. The first-order valence-electron chi connectivity index (χ1n) is 9.67. The summed E-state index contributed by atoms with van der Waals surface area (Å²) in [6.45, 7) is 8.87. The average Bonchev–Trinajstić information content (AvgIpc) is 2.90. The van der Waals surface area contributed by atoms with Crippen LogP contribution in [0.15, 0.2) is 23.1 Å². The van der Waals surface area contributed by atoms with Crippen LogP contribution in [0.2, 0.25) is 0 Å². The predicted octanol–water partition coefficient (Wildman–Crippen LogP) is 1.87. The number of sulfonamides is 1. The van der Waals surface area contributed by atoms with E-state index in [1.54, 1.807) is 18.2 Å². The summed E-state index contributed by atoms with van der Waals surface area (Å²) in [7, 11) is -3.62. The van der Waals surface area contributed by atoms with Crippen molar-refractivity contribution >= 4 is 10.0 Å². The number of fused-ring (bicyclic) bond motifs is 1. The first-order valence-corrected chi connectivity index (χ1v) is 11.1. The van der Waals surface area contributed by atoms with E-state index in [1.165, 1.54) is 0 Å². The van der Waals surface area contributed by atoms with Crippen LogP contribution >= 0.6 is 0 Å². The van der Waals surface area contributed by atoms with Gasteiger partial charge in [0.2, 0.25) is 10.0 Å². The van der Waals surface area contributed by atoms with Crippen LogP contribution in [-0.2, 0) is 14.8 Å². The van der Waals surface area contributed by atoms with Crippen LogP contribution in [0.3, 0.4) is 0 Å². The van der Waals surface area contributed by atoms with Crippen molar-refractivity contribution in [1.82, 2.24) is 9.62 Å². The molecule has 8 heteroatoms. The van der Waals surface area contributed by atoms with E-state index in [1.807, 2.05) is 0 Å². The molecule has 0 saturated carbocycles. The summed E-state index contributed by atoms with van der Waals surface area (Å²) in [5.41, 5.74) is 0. The van der Waals surface area contributed by atoms with E-state index in [4.69, 9.17) is 14.2 Å². The zero-order valence-corrected chi connectivity index (χ0v) is 17.0. The van der Waals surface area contributed by atoms with E-state index in [2.05, 4.69) is 23.5 Å². The molecule has 27 heavy (non-hydrogen) atoms. The van der Waals surface area contributed by atoms with Crippen LogP contribution in [0.1, 0.15) is 26.7 Å². The van der Waals surface area contributed by atoms with Gasteiger partial charge in [-0.25, -0.2) is 13.1 Å². The molecule has 0 aromatic heterocycles. The summed E-state index contributed by atoms with van der Waals surface area (Å²) in [5.74, 6) is 1.57. The lowest BCUT2D eigenvalue weighted by atomic mass is 10.0. The molecule has 1 N–H and O–H groups in total. The van der Waals surface area contributed by atoms with Crippen molar-refractivity contribution in [2.75, 3.05) is 46.1 Å². The lowest BCUT2D eigenvalue weighted by Gasteiger charge is -2.35. The minimum absolute atomic E-state index is 0.157. The predicted molar refractivity (Wildman–Crippen MR) is 103 cm³/mol. The van der Waals surface area contributed by atoms with Gasteiger partial charge < -0.3 is 14.2 Å². The second-order valence-corrected chi connectivity index (χ2v) is 9.21. The number of morpholine rings is 1. The normalized spacial score (nSPS) is 19.7. The van der Waals surface area contributed by atoms with Gasteiger partial charge in [0, 0.05) is 38.2 Å². The van der Waals surface area contributed by atoms with Gasteiger partial charge in [0.15, 0.2) is 11.5 Å². The molecule has 0 unspecified atom stereocenters. The molecule has 1 atom stereocenters. The summed E-state index contributed by atoms with van der Waals surface area (Å²) < 4.78 is 45.1. The lowest BCUT2D eigenvalue weighted by Crippen LogP contribution is -2.49. The van der Waals surface area contributed by atoms with Gasteiger partial charge >= 0.3 is 0 Å². The first-order chi connectivity index (χ1) is 13.0. The van der Waals surface area contributed by atoms with Crippen molar-refractivity contribution in [3.05, 3.63) is 18.2 Å². The van der Waals surface area contributed by atoms with E-state index in [9.17, 15) is 8.42 Å². The summed E-state index contributed by atoms with van der Waals surface area (Å²) in [5, 5.41) is 0. The fourth-order valence-corrected chi connectivity index (χ4v) is 4.54. The monoisotopic (exact) mass is 398 g/mol. The van der Waals surface area contributed by atoms with Crippen LogP contribution in [0.25, 0.3) is 0 Å². The van der Waals surface area contributed by atoms with Crippen LogP contribution in [0.4, 0.5) is 0 Å². The van der Waals surface area contributed by atoms with Crippen molar-refractivity contribution in [2.45, 2.75) is 37.6 Å². The Morgan fingerprint density at radius 1 is 1.07 bits per heavy atom. The molecule has 1 fully saturated rings. The fourth-order valence-electron chi connectivity index (χ4n) is 3.45. The van der Waals surface area contributed by atoms with Gasteiger partial charge in [0.25, 0.3) is 0 Å². The van der Waals surface area contributed by atoms with Crippen molar-refractivity contribution < 1.29 is 22.6 Å². The van der Waals surface area contributed by atoms with Crippen molar-refractivity contribution in [3.8, 4) is 11.5 Å². The number of ether oxygens (including phenoxy) is 3. The Kier molecular flexibility index (Phi) is 6.97. The average molecular weight is 399 g/mol. The largest absolute Gasteiger partial charge is 0.490 e. The number of hydrogen-bond acceptors (Lipinski definition) is 6. The van der Waals surface area contributed by atoms with Crippen molar-refractivity contribution in [2.24, 2.45) is 5.92 Å². The molecule has 1 aromatic carbocycles. The minimum Gasteiger partial charge on any atom is -0.490 e. The number of hydrogen-bond donors (Lipinski definition) is 1. The Morgan fingerprint density at radius 3 is 2.48 bits per heavy atom. The molecule has 2 aliphatic rings. The minimum atomic E-state index is -3.62. The van der Waals surface area contributed by atoms with Gasteiger partial charge in [-0.3, -0.25) is 4.90 Å². The van der Waals surface area contributed by atoms with E-state index in [0.717, 1.165) is 25.9 Å². The Balaban J connectivity index is 1.69. The highest BCUT2D eigenvalue weighted by atomic mass is 32.2. The van der Waals surface area contributed by atoms with E-state index in [0.29, 0.717) is 50.4 Å². The molecular formula is C19H30N2O5S. The maximum absolute atomic E-state index is 12.8. The van der Waals surface area contributed by atoms with Crippen LogP contribution in [-0.4, -0.2) is 65.4 Å². The van der Waals surface area contributed by atoms with Crippen LogP contribution in [0, 0.1) is 5.92 Å². The van der Waals surface area contributed by atoms with E-state index >= 15 is 0 Å². The quantitative estimate of drug-likeness (QED) is 0.756. The topological polar surface area (TPSA) is 77.1 Å². The third-order valence-corrected chi connectivity index (χ3v) is 6.27. The maximum Gasteiger partial charge on any atom is 0.240 e. The molecule has 0 amide bonds. The summed E-state index contributed by atoms with van der Waals surface area (Å²) >= 11 is 0. The molecule has 2 aliphatic heterocycles. The third-order valence-electron chi connectivity index (χ3n) is 4.84. The smallest absolute Gasteiger partial charge is 0.240 e. The molecular weight excluding hydrogens is 368 g/mol. The second kappa shape index (κ2) is 9.23. The third kappa shape index (κ3) is 5.57. The van der Waals surface area contributed by atoms with Crippen LogP contribution < -0.4 is 14.2 Å². The number of rotatable bonds is 7. The molecule has 7 nitrogen and oxygen atoms in total. The summed E-state index contributed by atoms with van der Waals surface area (Å²) in [6.07, 6.45) is 1.72. The zero-order valence-electron chi connectivity index (χ0n) is 16.1. The molecule has 2 heterocycles. The maximum atomic E-state index is 12.8. The number of benzene rings is 1. The van der Waals surface area contributed by atoms with Gasteiger partial charge in [-0.2, -0.15) is 0 Å². The van der Waals surface area contributed by atoms with Gasteiger partial charge in [-0.05, 0) is 24.5 Å². The van der Waals surface area contributed by atoms with Crippen molar-refractivity contribution in [1.29, 1.82) is 0 Å². The van der Waals surface area contributed by atoms with Gasteiger partial charge in [-0.1, -0.05) is 13.8 Å². The molecule has 0 bridgehead atoms. The Labute approximate surface area is 162 Å². The molecule has 3 rings (SSSR count). The Hall–Kier alpha value is -1.35. The summed E-state index contributed by atoms with van der Waals surface area (Å²) in [6, 6.07) is 4.95. The van der Waals surface area contributed by atoms with Crippen molar-refractivity contribution in [3.63, 3.8) is 0 Å². The Morgan fingerprint density at radius 2 is 1.78 bits per heavy atom. The zero-order chi connectivity index (χ0) is 19.3. The van der Waals surface area contributed by atoms with Gasteiger partial charge in [-0.15, -0.1) is 0 Å². The molecule has 0 spiro atoms. The van der Waals surface area contributed by atoms with Crippen LogP contribution in [0.5, 0.6) is 11.5 Å². The Bertz CT molecular complexity index is 717. The van der Waals surface area contributed by atoms with Gasteiger partial charge in [0.05, 0.1) is 31.3 Å². The standard InChI is InChI=1S/C19H30N2O5S/c1-15(2)12-16(21-6-10-24-11-7-21)14-20-27(22,23)17-4-5-18-19(13-17)26-9-3-8-25-18/h4-5,13,15-16,20H,3,6-12,14H2,1-2H3/t16-/m0/s1. The van der Waals surface area contributed by atoms with E-state index in [-0.39, 0.29) is 10.9 Å². The molecule has 1 aromatic rings. The molecule has 0 aliphatic carbocycles. The fraction of sp³-hybridized carbons (Fsp3) is 0.684. The number of nitrogens with zero attached hydrogens (tertiary/aromatic N) is 1. The highest BCUT2D eigenvalue weighted by molar-refractivity contribution is 7.89. The number of nitrogens with one attached hydrogen (secondary N) is 1. The van der Waals surface area contributed by atoms with Gasteiger partial charge in [0.1, 0.15) is 0 Å². The summed E-state index contributed by atoms with van der Waals surface area (Å²) in [4.78, 5) is 2.53. The lowest BCUT2D eigenvalue weighted by molar-refractivity contribution is 0.0134. The molecule has 152 valence electrons. The molecule has 0 radical (unpaired) electrons. The highest BCUT2D eigenvalue weighted by Crippen LogP contribution is 2.31. The second-order valence-electron chi connectivity index (χ2n) is 7.44. The van der Waals surface area contributed by atoms with E-state index < -0.39 is 10.0 Å². The highest BCUT2D eigenvalue weighted by Gasteiger charge is 2.25. The first kappa shape index (κ1) is 20.4. The molecule has 1 saturated heterocycles.